The molecule has 4 rings (SSSR count). The summed E-state index contributed by atoms with van der Waals surface area (Å²) in [4.78, 5) is 37.3. The molecule has 2 N–H and O–H groups in total. The summed E-state index contributed by atoms with van der Waals surface area (Å²) in [6, 6.07) is 14.6. The Balaban J connectivity index is 1.63. The number of hydrogen-bond donors (Lipinski definition) is 2. The van der Waals surface area contributed by atoms with Crippen LogP contribution in [0.25, 0.3) is 21.8 Å². The average Bonchev–Trinajstić information content (AvgIpc) is 3.14. The topological polar surface area (TPSA) is 91.1 Å². The molecule has 2 aromatic heterocycles. The van der Waals surface area contributed by atoms with E-state index in [-0.39, 0.29) is 18.0 Å². The van der Waals surface area contributed by atoms with E-state index in [1.54, 1.807) is 30.2 Å². The van der Waals surface area contributed by atoms with Gasteiger partial charge in [0.1, 0.15) is 17.3 Å². The number of carbonyl (C=O) groups is 1. The molecule has 1 amide bonds. The number of carbonyl (C=O) groups excluding carboxylic acids is 1. The van der Waals surface area contributed by atoms with Gasteiger partial charge in [-0.15, -0.1) is 0 Å². The second kappa shape index (κ2) is 7.19. The number of nitrogens with zero attached hydrogens (tertiary/aromatic N) is 2. The molecule has 142 valence electrons. The molecule has 0 fully saturated rings. The Bertz CT molecular complexity index is 1230. The Morgan fingerprint density at radius 2 is 1.96 bits per heavy atom. The minimum absolute atomic E-state index is 0.159. The van der Waals surface area contributed by atoms with Gasteiger partial charge in [0, 0.05) is 23.5 Å². The molecule has 0 aliphatic rings. The van der Waals surface area contributed by atoms with Crippen LogP contribution < -0.4 is 10.3 Å². The lowest BCUT2D eigenvalue weighted by molar-refractivity contribution is 0.0743. The van der Waals surface area contributed by atoms with E-state index in [2.05, 4.69) is 15.0 Å². The van der Waals surface area contributed by atoms with Crippen LogP contribution in [0.2, 0.25) is 0 Å². The monoisotopic (exact) mass is 376 g/mol. The Labute approximate surface area is 161 Å². The highest BCUT2D eigenvalue weighted by Gasteiger charge is 2.18. The molecule has 0 aliphatic heterocycles. The van der Waals surface area contributed by atoms with Crippen molar-refractivity contribution in [3.8, 4) is 5.75 Å². The number of H-pyrrole nitrogens is 2. The highest BCUT2D eigenvalue weighted by molar-refractivity contribution is 5.98. The fraction of sp³-hybridized carbons (Fsp3) is 0.190. The van der Waals surface area contributed by atoms with Gasteiger partial charge in [-0.3, -0.25) is 9.59 Å². The number of fused-ring (bicyclic) bond motifs is 2. The van der Waals surface area contributed by atoms with Gasteiger partial charge >= 0.3 is 0 Å². The van der Waals surface area contributed by atoms with Crippen LogP contribution >= 0.6 is 0 Å². The van der Waals surface area contributed by atoms with Crippen LogP contribution in [0.3, 0.4) is 0 Å². The predicted molar refractivity (Wildman–Crippen MR) is 108 cm³/mol. The van der Waals surface area contributed by atoms with E-state index in [0.717, 1.165) is 16.7 Å². The summed E-state index contributed by atoms with van der Waals surface area (Å²) in [7, 11) is 1.60. The summed E-state index contributed by atoms with van der Waals surface area (Å²) >= 11 is 0. The molecule has 0 bridgehead atoms. The second-order valence-electron chi connectivity index (χ2n) is 6.49. The number of rotatable bonds is 5. The lowest BCUT2D eigenvalue weighted by atomic mass is 10.2. The number of amides is 1. The minimum Gasteiger partial charge on any atom is -0.497 e. The van der Waals surface area contributed by atoms with Crippen LogP contribution in [-0.2, 0) is 6.54 Å². The fourth-order valence-electron chi connectivity index (χ4n) is 3.24. The number of ether oxygens (including phenoxy) is 1. The van der Waals surface area contributed by atoms with Crippen molar-refractivity contribution in [2.75, 3.05) is 13.7 Å². The Kier molecular flexibility index (Phi) is 4.57. The first-order valence-electron chi connectivity index (χ1n) is 9.03. The number of benzene rings is 2. The quantitative estimate of drug-likeness (QED) is 0.560. The summed E-state index contributed by atoms with van der Waals surface area (Å²) in [6.45, 7) is 2.59. The maximum Gasteiger partial charge on any atom is 0.270 e. The molecule has 7 heteroatoms. The van der Waals surface area contributed by atoms with Gasteiger partial charge in [-0.1, -0.05) is 12.1 Å². The average molecular weight is 376 g/mol. The zero-order valence-corrected chi connectivity index (χ0v) is 15.7. The fourth-order valence-corrected chi connectivity index (χ4v) is 3.24. The number of methoxy groups -OCH3 is 1. The number of aromatic nitrogens is 3. The zero-order chi connectivity index (χ0) is 19.7. The molecule has 7 nitrogen and oxygen atoms in total. The zero-order valence-electron chi connectivity index (χ0n) is 15.7. The SMILES string of the molecule is CCN(Cc1nc2ccccc2c(=O)[nH]1)C(=O)c1cc2ccc(OC)cc2[nH]1. The highest BCUT2D eigenvalue weighted by Crippen LogP contribution is 2.22. The van der Waals surface area contributed by atoms with Crippen LogP contribution in [0.4, 0.5) is 0 Å². The van der Waals surface area contributed by atoms with Crippen LogP contribution in [0, 0.1) is 0 Å². The molecule has 2 heterocycles. The molecule has 4 aromatic rings. The van der Waals surface area contributed by atoms with Gasteiger partial charge in [0.15, 0.2) is 0 Å². The Morgan fingerprint density at radius 3 is 2.75 bits per heavy atom. The molecule has 0 saturated heterocycles. The summed E-state index contributed by atoms with van der Waals surface area (Å²) in [5.74, 6) is 1.02. The van der Waals surface area contributed by atoms with E-state index in [4.69, 9.17) is 4.74 Å². The molecule has 28 heavy (non-hydrogen) atoms. The van der Waals surface area contributed by atoms with Gasteiger partial charge in [0.25, 0.3) is 11.5 Å². The second-order valence-corrected chi connectivity index (χ2v) is 6.49. The van der Waals surface area contributed by atoms with Crippen molar-refractivity contribution in [2.45, 2.75) is 13.5 Å². The van der Waals surface area contributed by atoms with E-state index in [0.29, 0.717) is 29.0 Å². The van der Waals surface area contributed by atoms with Gasteiger partial charge in [0.2, 0.25) is 0 Å². The van der Waals surface area contributed by atoms with Crippen molar-refractivity contribution in [1.29, 1.82) is 0 Å². The van der Waals surface area contributed by atoms with Crippen LogP contribution in [-0.4, -0.2) is 39.4 Å². The lowest BCUT2D eigenvalue weighted by Gasteiger charge is -2.19. The predicted octanol–water partition coefficient (Wildman–Crippen LogP) is 3.08. The number of aromatic amines is 2. The van der Waals surface area contributed by atoms with E-state index in [9.17, 15) is 9.59 Å². The van der Waals surface area contributed by atoms with Crippen molar-refractivity contribution in [1.82, 2.24) is 19.9 Å². The molecule has 0 atom stereocenters. The smallest absolute Gasteiger partial charge is 0.270 e. The first-order valence-corrected chi connectivity index (χ1v) is 9.03. The molecule has 2 aromatic carbocycles. The normalized spacial score (nSPS) is 11.1. The number of hydrogen-bond acceptors (Lipinski definition) is 4. The van der Waals surface area contributed by atoms with Gasteiger partial charge in [-0.05, 0) is 37.3 Å². The number of para-hydroxylation sites is 1. The van der Waals surface area contributed by atoms with Crippen molar-refractivity contribution < 1.29 is 9.53 Å². The van der Waals surface area contributed by atoms with Crippen LogP contribution in [0.5, 0.6) is 5.75 Å². The van der Waals surface area contributed by atoms with Crippen molar-refractivity contribution in [3.63, 3.8) is 0 Å². The molecular formula is C21H20N4O3. The third-order valence-electron chi connectivity index (χ3n) is 4.73. The maximum atomic E-state index is 13.0. The van der Waals surface area contributed by atoms with Crippen LogP contribution in [0.15, 0.2) is 53.3 Å². The summed E-state index contributed by atoms with van der Waals surface area (Å²) in [6.07, 6.45) is 0. The summed E-state index contributed by atoms with van der Waals surface area (Å²) in [5.41, 5.74) is 1.72. The van der Waals surface area contributed by atoms with Gasteiger partial charge in [-0.2, -0.15) is 0 Å². The third-order valence-corrected chi connectivity index (χ3v) is 4.73. The van der Waals surface area contributed by atoms with E-state index >= 15 is 0 Å². The minimum atomic E-state index is -0.207. The van der Waals surface area contributed by atoms with E-state index in [1.807, 2.05) is 37.3 Å². The van der Waals surface area contributed by atoms with Crippen molar-refractivity contribution in [2.24, 2.45) is 0 Å². The maximum absolute atomic E-state index is 13.0. The first-order chi connectivity index (χ1) is 13.6. The van der Waals surface area contributed by atoms with Gasteiger partial charge < -0.3 is 19.6 Å². The highest BCUT2D eigenvalue weighted by atomic mass is 16.5. The van der Waals surface area contributed by atoms with E-state index in [1.165, 1.54) is 0 Å². The molecule has 0 spiro atoms. The first kappa shape index (κ1) is 17.8. The molecule has 0 aliphatic carbocycles. The molecular weight excluding hydrogens is 356 g/mol. The standard InChI is InChI=1S/C21H20N4O3/c1-3-25(12-19-23-16-7-5-4-6-15(16)20(26)24-19)21(27)18-10-13-8-9-14(28-2)11-17(13)22-18/h4-11,22H,3,12H2,1-2H3,(H,23,24,26). The van der Waals surface area contributed by atoms with Gasteiger partial charge in [-0.25, -0.2) is 4.98 Å². The summed E-state index contributed by atoms with van der Waals surface area (Å²) in [5, 5.41) is 1.46. The molecule has 0 unspecified atom stereocenters. The van der Waals surface area contributed by atoms with Crippen molar-refractivity contribution in [3.05, 3.63) is 70.4 Å². The molecule has 0 radical (unpaired) electrons. The largest absolute Gasteiger partial charge is 0.497 e. The third kappa shape index (κ3) is 3.22. The van der Waals surface area contributed by atoms with Crippen molar-refractivity contribution >= 4 is 27.7 Å². The number of nitrogens with one attached hydrogen (secondary N) is 2. The van der Waals surface area contributed by atoms with Crippen LogP contribution in [0.1, 0.15) is 23.2 Å². The van der Waals surface area contributed by atoms with E-state index < -0.39 is 0 Å². The molecule has 0 saturated carbocycles. The van der Waals surface area contributed by atoms with Gasteiger partial charge in [0.05, 0.1) is 24.6 Å². The lowest BCUT2D eigenvalue weighted by Crippen LogP contribution is -2.32. The Hall–Kier alpha value is -3.61. The summed E-state index contributed by atoms with van der Waals surface area (Å²) < 4.78 is 5.23. The Morgan fingerprint density at radius 1 is 1.14 bits per heavy atom.